The highest BCUT2D eigenvalue weighted by Gasteiger charge is 2.26. The second-order valence-corrected chi connectivity index (χ2v) is 4.50. The van der Waals surface area contributed by atoms with E-state index < -0.39 is 12.0 Å². The molecule has 0 aromatic heterocycles. The van der Waals surface area contributed by atoms with E-state index in [-0.39, 0.29) is 11.9 Å². The van der Waals surface area contributed by atoms with Crippen LogP contribution in [-0.4, -0.2) is 29.7 Å². The quantitative estimate of drug-likeness (QED) is 0.639. The topological polar surface area (TPSA) is 78.4 Å². The number of hydrogen-bond acceptors (Lipinski definition) is 2. The summed E-state index contributed by atoms with van der Waals surface area (Å²) < 4.78 is 0. The lowest BCUT2D eigenvalue weighted by molar-refractivity contribution is -0.140. The van der Waals surface area contributed by atoms with Gasteiger partial charge in [-0.05, 0) is 24.7 Å². The van der Waals surface area contributed by atoms with Gasteiger partial charge in [0, 0.05) is 6.54 Å². The molecule has 5 heteroatoms. The van der Waals surface area contributed by atoms with Gasteiger partial charge in [-0.25, -0.2) is 9.59 Å². The van der Waals surface area contributed by atoms with Crippen LogP contribution in [0.3, 0.4) is 0 Å². The fourth-order valence-corrected chi connectivity index (χ4v) is 1.43. The zero-order chi connectivity index (χ0) is 12.1. The number of hydrogen-bond donors (Lipinski definition) is 3. The molecule has 1 aliphatic carbocycles. The van der Waals surface area contributed by atoms with Crippen LogP contribution in [-0.2, 0) is 4.79 Å². The normalized spacial score (nSPS) is 18.6. The van der Waals surface area contributed by atoms with E-state index in [1.165, 1.54) is 0 Å². The van der Waals surface area contributed by atoms with E-state index in [1.54, 1.807) is 0 Å². The summed E-state index contributed by atoms with van der Waals surface area (Å²) in [7, 11) is 0. The molecule has 1 saturated carbocycles. The molecule has 1 rings (SSSR count). The summed E-state index contributed by atoms with van der Waals surface area (Å²) in [5.41, 5.74) is 0. The van der Waals surface area contributed by atoms with E-state index in [0.717, 1.165) is 19.3 Å². The van der Waals surface area contributed by atoms with Gasteiger partial charge in [-0.1, -0.05) is 20.3 Å². The van der Waals surface area contributed by atoms with Crippen LogP contribution in [0.1, 0.15) is 33.1 Å². The molecule has 1 fully saturated rings. The van der Waals surface area contributed by atoms with Gasteiger partial charge in [-0.3, -0.25) is 0 Å². The second kappa shape index (κ2) is 5.72. The lowest BCUT2D eigenvalue weighted by atomic mass is 9.99. The molecular weight excluding hydrogens is 208 g/mol. The van der Waals surface area contributed by atoms with Gasteiger partial charge in [-0.15, -0.1) is 0 Å². The molecule has 0 saturated heterocycles. The molecule has 0 heterocycles. The maximum absolute atomic E-state index is 11.4. The Kier molecular flexibility index (Phi) is 4.58. The summed E-state index contributed by atoms with van der Waals surface area (Å²) in [5.74, 6) is -0.447. The molecule has 92 valence electrons. The number of nitrogens with one attached hydrogen (secondary N) is 2. The molecule has 2 atom stereocenters. The second-order valence-electron chi connectivity index (χ2n) is 4.50. The third kappa shape index (κ3) is 4.08. The van der Waals surface area contributed by atoms with E-state index in [1.807, 2.05) is 13.8 Å². The molecule has 3 N–H and O–H groups in total. The summed E-state index contributed by atoms with van der Waals surface area (Å²) in [6.45, 7) is 4.38. The van der Waals surface area contributed by atoms with Crippen molar-refractivity contribution in [2.45, 2.75) is 39.2 Å². The van der Waals surface area contributed by atoms with Crippen LogP contribution in [0.4, 0.5) is 4.79 Å². The van der Waals surface area contributed by atoms with Crippen molar-refractivity contribution in [3.05, 3.63) is 0 Å². The van der Waals surface area contributed by atoms with Crippen LogP contribution in [0.5, 0.6) is 0 Å². The summed E-state index contributed by atoms with van der Waals surface area (Å²) in [6.07, 6.45) is 3.04. The Balaban J connectivity index is 2.33. The van der Waals surface area contributed by atoms with Gasteiger partial charge in [-0.2, -0.15) is 0 Å². The van der Waals surface area contributed by atoms with Gasteiger partial charge >= 0.3 is 12.0 Å². The van der Waals surface area contributed by atoms with Crippen molar-refractivity contribution < 1.29 is 14.7 Å². The van der Waals surface area contributed by atoms with Crippen molar-refractivity contribution >= 4 is 12.0 Å². The van der Waals surface area contributed by atoms with Gasteiger partial charge in [0.25, 0.3) is 0 Å². The van der Waals surface area contributed by atoms with Crippen molar-refractivity contribution in [3.63, 3.8) is 0 Å². The van der Waals surface area contributed by atoms with E-state index >= 15 is 0 Å². The zero-order valence-corrected chi connectivity index (χ0v) is 9.82. The number of aliphatic carboxylic acids is 1. The van der Waals surface area contributed by atoms with E-state index in [0.29, 0.717) is 12.5 Å². The lowest BCUT2D eigenvalue weighted by Gasteiger charge is -2.20. The third-order valence-corrected chi connectivity index (χ3v) is 3.01. The van der Waals surface area contributed by atoms with E-state index in [9.17, 15) is 9.59 Å². The first-order valence-corrected chi connectivity index (χ1v) is 5.81. The summed E-state index contributed by atoms with van der Waals surface area (Å²) >= 11 is 0. The fraction of sp³-hybridized carbons (Fsp3) is 0.818. The predicted octanol–water partition coefficient (Wildman–Crippen LogP) is 1.19. The summed E-state index contributed by atoms with van der Waals surface area (Å²) in [5, 5.41) is 14.2. The van der Waals surface area contributed by atoms with E-state index in [4.69, 9.17) is 5.11 Å². The van der Waals surface area contributed by atoms with Crippen LogP contribution in [0.2, 0.25) is 0 Å². The Morgan fingerprint density at radius 3 is 2.50 bits per heavy atom. The standard InChI is InChI=1S/C11H20N2O3/c1-3-7(2)9(10(14)15)13-11(16)12-6-8-4-5-8/h7-9H,3-6H2,1-2H3,(H,14,15)(H2,12,13,16). The number of carbonyl (C=O) groups is 2. The van der Waals surface area contributed by atoms with Crippen LogP contribution < -0.4 is 10.6 Å². The average Bonchev–Trinajstić information content (AvgIpc) is 3.05. The van der Waals surface area contributed by atoms with Gasteiger partial charge in [0.05, 0.1) is 0 Å². The summed E-state index contributed by atoms with van der Waals surface area (Å²) in [6, 6.07) is -1.18. The molecule has 5 nitrogen and oxygen atoms in total. The number of urea groups is 1. The van der Waals surface area contributed by atoms with Crippen molar-refractivity contribution in [1.29, 1.82) is 0 Å². The van der Waals surface area contributed by atoms with Gasteiger partial charge in [0.2, 0.25) is 0 Å². The number of rotatable bonds is 6. The van der Waals surface area contributed by atoms with Crippen LogP contribution in [0, 0.1) is 11.8 Å². The van der Waals surface area contributed by atoms with Crippen molar-refractivity contribution in [1.82, 2.24) is 10.6 Å². The first-order chi connectivity index (χ1) is 7.54. The Morgan fingerprint density at radius 2 is 2.06 bits per heavy atom. The lowest BCUT2D eigenvalue weighted by Crippen LogP contribution is -2.49. The minimum Gasteiger partial charge on any atom is -0.480 e. The Morgan fingerprint density at radius 1 is 1.44 bits per heavy atom. The van der Waals surface area contributed by atoms with Crippen LogP contribution in [0.15, 0.2) is 0 Å². The summed E-state index contributed by atoms with van der Waals surface area (Å²) in [4.78, 5) is 22.4. The Bertz CT molecular complexity index is 264. The molecule has 16 heavy (non-hydrogen) atoms. The van der Waals surface area contributed by atoms with Crippen LogP contribution in [0.25, 0.3) is 0 Å². The monoisotopic (exact) mass is 228 g/mol. The van der Waals surface area contributed by atoms with Gasteiger partial charge in [0.1, 0.15) is 6.04 Å². The molecule has 0 aliphatic heterocycles. The van der Waals surface area contributed by atoms with Crippen molar-refractivity contribution in [2.75, 3.05) is 6.54 Å². The molecular formula is C11H20N2O3. The maximum atomic E-state index is 11.4. The first-order valence-electron chi connectivity index (χ1n) is 5.81. The highest BCUT2D eigenvalue weighted by atomic mass is 16.4. The zero-order valence-electron chi connectivity index (χ0n) is 9.82. The predicted molar refractivity (Wildman–Crippen MR) is 60.1 cm³/mol. The fourth-order valence-electron chi connectivity index (χ4n) is 1.43. The Labute approximate surface area is 95.6 Å². The maximum Gasteiger partial charge on any atom is 0.326 e. The first kappa shape index (κ1) is 12.8. The molecule has 0 radical (unpaired) electrons. The molecule has 1 aliphatic rings. The van der Waals surface area contributed by atoms with Gasteiger partial charge in [0.15, 0.2) is 0 Å². The smallest absolute Gasteiger partial charge is 0.326 e. The minimum atomic E-state index is -0.976. The molecule has 0 bridgehead atoms. The average molecular weight is 228 g/mol. The molecule has 2 unspecified atom stereocenters. The number of carboxylic acid groups (broad SMARTS) is 1. The number of carboxylic acids is 1. The third-order valence-electron chi connectivity index (χ3n) is 3.01. The SMILES string of the molecule is CCC(C)C(NC(=O)NCC1CC1)C(=O)O. The largest absolute Gasteiger partial charge is 0.480 e. The van der Waals surface area contributed by atoms with Crippen molar-refractivity contribution in [3.8, 4) is 0 Å². The molecule has 0 spiro atoms. The minimum absolute atomic E-state index is 0.0656. The van der Waals surface area contributed by atoms with Crippen LogP contribution >= 0.6 is 0 Å². The molecule has 2 amide bonds. The molecule has 0 aromatic carbocycles. The van der Waals surface area contributed by atoms with Crippen molar-refractivity contribution in [2.24, 2.45) is 11.8 Å². The van der Waals surface area contributed by atoms with E-state index in [2.05, 4.69) is 10.6 Å². The number of carbonyl (C=O) groups excluding carboxylic acids is 1. The molecule has 0 aromatic rings. The highest BCUT2D eigenvalue weighted by Crippen LogP contribution is 2.27. The number of amides is 2. The van der Waals surface area contributed by atoms with Gasteiger partial charge < -0.3 is 15.7 Å². The highest BCUT2D eigenvalue weighted by molar-refractivity contribution is 5.82. The Hall–Kier alpha value is -1.26.